The second-order valence-corrected chi connectivity index (χ2v) is 6.43. The van der Waals surface area contributed by atoms with E-state index < -0.39 is 23.2 Å². The molecule has 1 fully saturated rings. The molecule has 0 amide bonds. The highest BCUT2D eigenvalue weighted by atomic mass is 16.7. The molecule has 0 atom stereocenters. The number of hydrogen-bond donors (Lipinski definition) is 0. The van der Waals surface area contributed by atoms with Crippen molar-refractivity contribution in [2.45, 2.75) is 38.9 Å². The van der Waals surface area contributed by atoms with Gasteiger partial charge < -0.3 is 9.31 Å². The summed E-state index contributed by atoms with van der Waals surface area (Å²) in [5, 5.41) is 11.4. The van der Waals surface area contributed by atoms with Crippen molar-refractivity contribution in [2.75, 3.05) is 0 Å². The van der Waals surface area contributed by atoms with Crippen molar-refractivity contribution in [2.24, 2.45) is 0 Å². The molecule has 0 saturated carbocycles. The second kappa shape index (κ2) is 5.14. The van der Waals surface area contributed by atoms with Crippen LogP contribution in [0.15, 0.2) is 31.0 Å². The van der Waals surface area contributed by atoms with Gasteiger partial charge in [-0.2, -0.15) is 0 Å². The molecule has 0 bridgehead atoms. The maximum Gasteiger partial charge on any atom is 0.496 e. The van der Waals surface area contributed by atoms with Crippen molar-refractivity contribution in [3.8, 4) is 5.82 Å². The fourth-order valence-corrected chi connectivity index (χ4v) is 2.29. The zero-order valence-electron chi connectivity index (χ0n) is 13.4. The molecule has 0 aliphatic carbocycles. The minimum absolute atomic E-state index is 0.129. The molecule has 1 saturated heterocycles. The number of aromatic nitrogens is 3. The smallest absolute Gasteiger partial charge is 0.399 e. The first kappa shape index (κ1) is 15.6. The van der Waals surface area contributed by atoms with Crippen molar-refractivity contribution < 1.29 is 14.2 Å². The highest BCUT2D eigenvalue weighted by Crippen LogP contribution is 2.36. The van der Waals surface area contributed by atoms with Crippen LogP contribution in [0.4, 0.5) is 5.69 Å². The zero-order valence-corrected chi connectivity index (χ0v) is 13.4. The van der Waals surface area contributed by atoms with Gasteiger partial charge in [0, 0.05) is 30.1 Å². The van der Waals surface area contributed by atoms with Crippen molar-refractivity contribution in [3.63, 3.8) is 0 Å². The fourth-order valence-electron chi connectivity index (χ4n) is 2.29. The van der Waals surface area contributed by atoms with E-state index in [1.54, 1.807) is 6.20 Å². The molecule has 0 spiro atoms. The summed E-state index contributed by atoms with van der Waals surface area (Å²) in [7, 11) is -0.692. The van der Waals surface area contributed by atoms with Crippen LogP contribution in [0.5, 0.6) is 0 Å². The third-order valence-electron chi connectivity index (χ3n) is 4.34. The Labute approximate surface area is 133 Å². The first-order valence-electron chi connectivity index (χ1n) is 7.19. The molecule has 0 radical (unpaired) electrons. The van der Waals surface area contributed by atoms with E-state index in [0.29, 0.717) is 5.46 Å². The predicted octanol–water partition coefficient (Wildman–Crippen LogP) is 1.47. The van der Waals surface area contributed by atoms with Gasteiger partial charge in [0.15, 0.2) is 0 Å². The lowest BCUT2D eigenvalue weighted by molar-refractivity contribution is -0.384. The van der Waals surface area contributed by atoms with Gasteiger partial charge >= 0.3 is 12.8 Å². The molecule has 1 aliphatic heterocycles. The molecule has 2 aromatic heterocycles. The van der Waals surface area contributed by atoms with Gasteiger partial charge in [-0.1, -0.05) is 0 Å². The Morgan fingerprint density at radius 1 is 1.26 bits per heavy atom. The summed E-state index contributed by atoms with van der Waals surface area (Å²) < 4.78 is 13.3. The molecule has 1 aliphatic rings. The van der Waals surface area contributed by atoms with Gasteiger partial charge in [0.1, 0.15) is 6.33 Å². The Morgan fingerprint density at radius 2 is 1.91 bits per heavy atom. The highest BCUT2D eigenvalue weighted by Gasteiger charge is 2.52. The minimum Gasteiger partial charge on any atom is -0.399 e. The molecule has 23 heavy (non-hydrogen) atoms. The van der Waals surface area contributed by atoms with Crippen LogP contribution in [0.3, 0.4) is 0 Å². The molecular formula is C14H17BN4O4. The van der Waals surface area contributed by atoms with E-state index in [-0.39, 0.29) is 11.5 Å². The van der Waals surface area contributed by atoms with Gasteiger partial charge in [-0.25, -0.2) is 9.97 Å². The van der Waals surface area contributed by atoms with Crippen LogP contribution in [0.2, 0.25) is 0 Å². The van der Waals surface area contributed by atoms with Crippen LogP contribution in [-0.4, -0.2) is 37.8 Å². The molecule has 8 nitrogen and oxygen atoms in total. The topological polar surface area (TPSA) is 92.3 Å². The van der Waals surface area contributed by atoms with Crippen molar-refractivity contribution in [3.05, 3.63) is 41.1 Å². The van der Waals surface area contributed by atoms with Crippen LogP contribution in [0.1, 0.15) is 27.7 Å². The first-order valence-corrected chi connectivity index (χ1v) is 7.19. The molecular weight excluding hydrogens is 299 g/mol. The van der Waals surface area contributed by atoms with Gasteiger partial charge in [-0.05, 0) is 27.7 Å². The van der Waals surface area contributed by atoms with Crippen LogP contribution in [0.25, 0.3) is 5.82 Å². The summed E-state index contributed by atoms with van der Waals surface area (Å²) >= 11 is 0. The lowest BCUT2D eigenvalue weighted by atomic mass is 9.80. The zero-order chi connectivity index (χ0) is 16.8. The van der Waals surface area contributed by atoms with Crippen LogP contribution in [-0.2, 0) is 9.31 Å². The van der Waals surface area contributed by atoms with Gasteiger partial charge in [0.05, 0.1) is 16.1 Å². The molecule has 120 valence electrons. The van der Waals surface area contributed by atoms with E-state index in [0.717, 1.165) is 0 Å². The first-order chi connectivity index (χ1) is 10.7. The number of imidazole rings is 1. The summed E-state index contributed by atoms with van der Waals surface area (Å²) in [6, 6.07) is 1.44. The molecule has 3 rings (SSSR count). The highest BCUT2D eigenvalue weighted by molar-refractivity contribution is 6.62. The Bertz CT molecular complexity index is 729. The number of hydrogen-bond acceptors (Lipinski definition) is 6. The van der Waals surface area contributed by atoms with Crippen LogP contribution < -0.4 is 5.46 Å². The minimum atomic E-state index is -0.692. The Kier molecular flexibility index (Phi) is 3.49. The maximum absolute atomic E-state index is 11.4. The average Bonchev–Trinajstić information content (AvgIpc) is 3.05. The number of rotatable bonds is 3. The van der Waals surface area contributed by atoms with Crippen molar-refractivity contribution in [1.29, 1.82) is 0 Å². The fraction of sp³-hybridized carbons (Fsp3) is 0.429. The van der Waals surface area contributed by atoms with E-state index in [2.05, 4.69) is 9.97 Å². The van der Waals surface area contributed by atoms with Gasteiger partial charge in [0.25, 0.3) is 0 Å². The maximum atomic E-state index is 11.4. The van der Waals surface area contributed by atoms with Crippen molar-refractivity contribution in [1.82, 2.24) is 14.5 Å². The average molecular weight is 316 g/mol. The van der Waals surface area contributed by atoms with Crippen LogP contribution >= 0.6 is 0 Å². The third kappa shape index (κ3) is 2.62. The molecule has 2 aromatic rings. The van der Waals surface area contributed by atoms with E-state index in [1.807, 2.05) is 27.7 Å². The number of nitrogens with zero attached hydrogens (tertiary/aromatic N) is 4. The molecule has 0 aromatic carbocycles. The lowest BCUT2D eigenvalue weighted by Gasteiger charge is -2.32. The summed E-state index contributed by atoms with van der Waals surface area (Å²) in [5.41, 5.74) is -0.653. The van der Waals surface area contributed by atoms with E-state index in [4.69, 9.17) is 9.31 Å². The monoisotopic (exact) mass is 316 g/mol. The third-order valence-corrected chi connectivity index (χ3v) is 4.34. The summed E-state index contributed by atoms with van der Waals surface area (Å²) in [6.07, 6.45) is 6.13. The lowest BCUT2D eigenvalue weighted by Crippen LogP contribution is -2.41. The Morgan fingerprint density at radius 3 is 2.43 bits per heavy atom. The standard InChI is InChI=1S/C14H17BN4O4/c1-13(2)14(3,4)23-15(22-13)10-7-11(19(20)21)12(17-8-10)18-6-5-16-9-18/h5-9H,1-4H3. The molecule has 0 N–H and O–H groups in total. The quantitative estimate of drug-likeness (QED) is 0.484. The second-order valence-electron chi connectivity index (χ2n) is 6.43. The summed E-state index contributed by atoms with van der Waals surface area (Å²) in [5.74, 6) is 0.202. The van der Waals surface area contributed by atoms with Gasteiger partial charge in [-0.3, -0.25) is 14.7 Å². The number of pyridine rings is 1. The van der Waals surface area contributed by atoms with Crippen molar-refractivity contribution >= 4 is 18.3 Å². The van der Waals surface area contributed by atoms with E-state index in [1.165, 1.54) is 29.4 Å². The summed E-state index contributed by atoms with van der Waals surface area (Å²) in [4.78, 5) is 19.0. The predicted molar refractivity (Wildman–Crippen MR) is 83.7 cm³/mol. The largest absolute Gasteiger partial charge is 0.496 e. The van der Waals surface area contributed by atoms with E-state index >= 15 is 0 Å². The van der Waals surface area contributed by atoms with Gasteiger partial charge in [-0.15, -0.1) is 0 Å². The van der Waals surface area contributed by atoms with Gasteiger partial charge in [0.2, 0.25) is 5.82 Å². The SMILES string of the molecule is CC1(C)OB(c2cnc(-n3ccnc3)c([N+](=O)[O-])c2)OC1(C)C. The van der Waals surface area contributed by atoms with E-state index in [9.17, 15) is 10.1 Å². The summed E-state index contributed by atoms with van der Waals surface area (Å²) in [6.45, 7) is 7.70. The number of nitro groups is 1. The normalized spacial score (nSPS) is 19.0. The van der Waals surface area contributed by atoms with Crippen LogP contribution in [0, 0.1) is 10.1 Å². The molecule has 9 heteroatoms. The Balaban J connectivity index is 2.00. The molecule has 0 unspecified atom stereocenters. The Hall–Kier alpha value is -2.26. The molecule has 3 heterocycles.